The first kappa shape index (κ1) is 22.4. The van der Waals surface area contributed by atoms with Crippen LogP contribution in [0.5, 0.6) is 5.75 Å². The highest BCUT2D eigenvalue weighted by atomic mass is 32.2. The molecule has 32 heavy (non-hydrogen) atoms. The van der Waals surface area contributed by atoms with Gasteiger partial charge >= 0.3 is 0 Å². The van der Waals surface area contributed by atoms with Gasteiger partial charge in [0.1, 0.15) is 10.6 Å². The molecule has 13 heteroatoms. The Labute approximate surface area is 186 Å². The Balaban J connectivity index is 1.64. The van der Waals surface area contributed by atoms with E-state index in [0.29, 0.717) is 23.3 Å². The smallest absolute Gasteiger partial charge is 0.246 e. The van der Waals surface area contributed by atoms with Crippen LogP contribution in [0.1, 0.15) is 13.3 Å². The fourth-order valence-corrected chi connectivity index (χ4v) is 6.71. The summed E-state index contributed by atoms with van der Waals surface area (Å²) in [6.07, 6.45) is 3.11. The third kappa shape index (κ3) is 4.14. The van der Waals surface area contributed by atoms with Gasteiger partial charge in [-0.25, -0.2) is 31.1 Å². The van der Waals surface area contributed by atoms with Crippen LogP contribution < -0.4 is 13.9 Å². The van der Waals surface area contributed by atoms with Crippen molar-refractivity contribution in [3.63, 3.8) is 0 Å². The number of hydrogen-bond acceptors (Lipinski definition) is 9. The molecule has 0 spiro atoms. The van der Waals surface area contributed by atoms with Gasteiger partial charge in [0.2, 0.25) is 31.9 Å². The zero-order valence-electron chi connectivity index (χ0n) is 17.4. The molecular formula is C19H23N5O6S2. The number of hydrogen-bond donors (Lipinski definition) is 0. The molecule has 4 rings (SSSR count). The van der Waals surface area contributed by atoms with Crippen LogP contribution in [0.3, 0.4) is 0 Å². The predicted octanol–water partition coefficient (Wildman–Crippen LogP) is 0.453. The molecule has 11 nitrogen and oxygen atoms in total. The molecule has 2 aliphatic heterocycles. The van der Waals surface area contributed by atoms with Crippen LogP contribution in [0.2, 0.25) is 0 Å². The lowest BCUT2D eigenvalue weighted by molar-refractivity contribution is -0.116. The molecule has 3 heterocycles. The Morgan fingerprint density at radius 3 is 2.38 bits per heavy atom. The zero-order valence-corrected chi connectivity index (χ0v) is 19.0. The van der Waals surface area contributed by atoms with E-state index >= 15 is 0 Å². The second kappa shape index (κ2) is 8.64. The van der Waals surface area contributed by atoms with Gasteiger partial charge in [0.25, 0.3) is 0 Å². The first-order valence-electron chi connectivity index (χ1n) is 10.1. The van der Waals surface area contributed by atoms with Crippen molar-refractivity contribution >= 4 is 37.6 Å². The number of carbonyl (C=O) groups is 1. The second-order valence-corrected chi connectivity index (χ2v) is 11.1. The van der Waals surface area contributed by atoms with Crippen molar-refractivity contribution in [2.45, 2.75) is 18.2 Å². The lowest BCUT2D eigenvalue weighted by Crippen LogP contribution is -2.49. The molecule has 0 atom stereocenters. The molecule has 1 amide bonds. The quantitative estimate of drug-likeness (QED) is 0.577. The van der Waals surface area contributed by atoms with Gasteiger partial charge in [-0.05, 0) is 31.2 Å². The molecule has 1 aromatic heterocycles. The van der Waals surface area contributed by atoms with Crippen LogP contribution in [0.4, 0.5) is 11.6 Å². The summed E-state index contributed by atoms with van der Waals surface area (Å²) in [5, 5.41) is 0. The van der Waals surface area contributed by atoms with Gasteiger partial charge in [-0.1, -0.05) is 0 Å². The van der Waals surface area contributed by atoms with Crippen LogP contribution in [-0.4, -0.2) is 75.6 Å². The number of benzene rings is 1. The van der Waals surface area contributed by atoms with Crippen molar-refractivity contribution in [3.8, 4) is 5.75 Å². The van der Waals surface area contributed by atoms with Gasteiger partial charge in [0, 0.05) is 45.0 Å². The average molecular weight is 482 g/mol. The summed E-state index contributed by atoms with van der Waals surface area (Å²) in [6.45, 7) is 3.12. The summed E-state index contributed by atoms with van der Waals surface area (Å²) in [5.41, 5.74) is -0.00847. The Kier molecular flexibility index (Phi) is 6.05. The molecule has 0 bridgehead atoms. The van der Waals surface area contributed by atoms with E-state index in [9.17, 15) is 21.6 Å². The van der Waals surface area contributed by atoms with Crippen molar-refractivity contribution in [3.05, 3.63) is 36.7 Å². The Bertz CT molecular complexity index is 1210. The van der Waals surface area contributed by atoms with Gasteiger partial charge < -0.3 is 9.64 Å². The fraction of sp³-hybridized carbons (Fsp3) is 0.421. The Morgan fingerprint density at radius 1 is 1.09 bits per heavy atom. The number of aromatic nitrogens is 2. The predicted molar refractivity (Wildman–Crippen MR) is 117 cm³/mol. The van der Waals surface area contributed by atoms with Crippen molar-refractivity contribution in [2.75, 3.05) is 47.7 Å². The molecule has 2 aliphatic rings. The zero-order chi connectivity index (χ0) is 22.9. The lowest BCUT2D eigenvalue weighted by Gasteiger charge is -2.34. The van der Waals surface area contributed by atoms with Crippen LogP contribution >= 0.6 is 0 Å². The number of carbonyl (C=O) groups excluding carboxylic acids is 1. The van der Waals surface area contributed by atoms with Crippen molar-refractivity contribution in [1.82, 2.24) is 14.3 Å². The van der Waals surface area contributed by atoms with Gasteiger partial charge in [0.15, 0.2) is 0 Å². The van der Waals surface area contributed by atoms with Crippen LogP contribution in [-0.2, 0) is 24.8 Å². The second-order valence-electron chi connectivity index (χ2n) is 7.23. The molecule has 0 radical (unpaired) electrons. The number of rotatable bonds is 6. The third-order valence-electron chi connectivity index (χ3n) is 5.23. The van der Waals surface area contributed by atoms with E-state index in [2.05, 4.69) is 9.97 Å². The third-order valence-corrected chi connectivity index (χ3v) is 8.84. The SMILES string of the molecule is CCOc1ccc(N2C(=O)CCS2(=O)=O)cc1S(=O)(=O)N1CCN(c2ncccn2)CC1. The van der Waals surface area contributed by atoms with E-state index in [0.717, 1.165) is 0 Å². The molecule has 0 N–H and O–H groups in total. The van der Waals surface area contributed by atoms with Crippen molar-refractivity contribution < 1.29 is 26.4 Å². The normalized spacial score (nSPS) is 19.3. The van der Waals surface area contributed by atoms with Gasteiger partial charge in [0.05, 0.1) is 18.0 Å². The fourth-order valence-electron chi connectivity index (χ4n) is 3.69. The molecule has 0 unspecified atom stereocenters. The van der Waals surface area contributed by atoms with E-state index in [4.69, 9.17) is 4.74 Å². The Hall–Kier alpha value is -2.77. The molecule has 2 fully saturated rings. The minimum absolute atomic E-state index is 0.00847. The molecule has 0 aliphatic carbocycles. The molecule has 2 aromatic rings. The number of piperazine rings is 1. The average Bonchev–Trinajstić information content (AvgIpc) is 3.07. The minimum Gasteiger partial charge on any atom is -0.492 e. The monoisotopic (exact) mass is 481 g/mol. The number of ether oxygens (including phenoxy) is 1. The van der Waals surface area contributed by atoms with E-state index < -0.39 is 26.0 Å². The summed E-state index contributed by atoms with van der Waals surface area (Å²) in [6, 6.07) is 5.68. The summed E-state index contributed by atoms with van der Waals surface area (Å²) in [5.74, 6) is -0.257. The summed E-state index contributed by atoms with van der Waals surface area (Å²) >= 11 is 0. The highest BCUT2D eigenvalue weighted by Gasteiger charge is 2.38. The number of nitrogens with zero attached hydrogens (tertiary/aromatic N) is 5. The molecule has 2 saturated heterocycles. The van der Waals surface area contributed by atoms with Crippen molar-refractivity contribution in [1.29, 1.82) is 0 Å². The highest BCUT2D eigenvalue weighted by molar-refractivity contribution is 7.94. The standard InChI is InChI=1S/C19H23N5O6S2/c1-2-30-16-5-4-15(24-18(25)6-13-31(24,26)27)14-17(16)32(28,29)23-11-9-22(10-12-23)19-20-7-3-8-21-19/h3-5,7-8,14H,2,6,9-13H2,1H3. The summed E-state index contributed by atoms with van der Waals surface area (Å²) in [4.78, 5) is 22.3. The molecule has 0 saturated carbocycles. The maximum atomic E-state index is 13.5. The number of anilines is 2. The summed E-state index contributed by atoms with van der Waals surface area (Å²) in [7, 11) is -7.84. The number of sulfonamides is 2. The van der Waals surface area contributed by atoms with Crippen molar-refractivity contribution in [2.24, 2.45) is 0 Å². The largest absolute Gasteiger partial charge is 0.492 e. The van der Waals surface area contributed by atoms with Crippen LogP contribution in [0.25, 0.3) is 0 Å². The topological polar surface area (TPSA) is 130 Å². The molecule has 172 valence electrons. The van der Waals surface area contributed by atoms with Gasteiger partial charge in [-0.2, -0.15) is 4.31 Å². The maximum Gasteiger partial charge on any atom is 0.246 e. The Morgan fingerprint density at radius 2 is 1.78 bits per heavy atom. The first-order chi connectivity index (χ1) is 15.2. The van der Waals surface area contributed by atoms with Gasteiger partial charge in [-0.15, -0.1) is 0 Å². The molecule has 1 aromatic carbocycles. The van der Waals surface area contributed by atoms with Crippen LogP contribution in [0, 0.1) is 0 Å². The van der Waals surface area contributed by atoms with E-state index in [1.54, 1.807) is 25.4 Å². The van der Waals surface area contributed by atoms with E-state index in [1.807, 2.05) is 4.90 Å². The number of amides is 1. The minimum atomic E-state index is -4.02. The molecular weight excluding hydrogens is 458 g/mol. The summed E-state index contributed by atoms with van der Waals surface area (Å²) < 4.78 is 59.1. The highest BCUT2D eigenvalue weighted by Crippen LogP contribution is 2.34. The first-order valence-corrected chi connectivity index (χ1v) is 13.1. The van der Waals surface area contributed by atoms with E-state index in [1.165, 1.54) is 22.5 Å². The lowest BCUT2D eigenvalue weighted by atomic mass is 10.3. The maximum absolute atomic E-state index is 13.5. The van der Waals surface area contributed by atoms with Gasteiger partial charge in [-0.3, -0.25) is 4.79 Å². The van der Waals surface area contributed by atoms with Crippen LogP contribution in [0.15, 0.2) is 41.6 Å². The van der Waals surface area contributed by atoms with E-state index in [-0.39, 0.29) is 48.2 Å².